The Morgan fingerprint density at radius 1 is 1.29 bits per heavy atom. The Bertz CT molecular complexity index is 468. The van der Waals surface area contributed by atoms with Crippen molar-refractivity contribution in [1.82, 2.24) is 9.55 Å². The fourth-order valence-electron chi connectivity index (χ4n) is 1.46. The van der Waals surface area contributed by atoms with Crippen LogP contribution >= 0.6 is 12.4 Å². The lowest BCUT2D eigenvalue weighted by atomic mass is 10.1. The third-order valence-electron chi connectivity index (χ3n) is 2.37. The third-order valence-corrected chi connectivity index (χ3v) is 2.37. The minimum atomic E-state index is -0.389. The highest BCUT2D eigenvalue weighted by Crippen LogP contribution is 2.12. The maximum atomic E-state index is 10.5. The van der Waals surface area contributed by atoms with Crippen molar-refractivity contribution in [1.29, 1.82) is 0 Å². The second-order valence-corrected chi connectivity index (χ2v) is 3.47. The average molecular weight is 254 g/mol. The molecule has 0 aliphatic rings. The zero-order chi connectivity index (χ0) is 11.4. The smallest absolute Gasteiger partial charge is 0.269 e. The zero-order valence-corrected chi connectivity index (χ0v) is 9.84. The second kappa shape index (κ2) is 6.00. The van der Waals surface area contributed by atoms with Crippen LogP contribution < -0.4 is 0 Å². The minimum absolute atomic E-state index is 0. The van der Waals surface area contributed by atoms with Crippen LogP contribution in [0.2, 0.25) is 0 Å². The van der Waals surface area contributed by atoms with E-state index in [1.54, 1.807) is 24.7 Å². The standard InChI is InChI=1S/C11H11N3O2.ClH/c15-14(16)11-3-1-10(2-4-11)5-7-13-8-6-12-9-13;/h1-4,6,8-9H,5,7H2;1H. The maximum Gasteiger partial charge on any atom is 0.269 e. The van der Waals surface area contributed by atoms with E-state index in [1.165, 1.54) is 12.1 Å². The van der Waals surface area contributed by atoms with Crippen LogP contribution in [-0.2, 0) is 13.0 Å². The molecule has 0 radical (unpaired) electrons. The average Bonchev–Trinajstić information content (AvgIpc) is 2.80. The lowest BCUT2D eigenvalue weighted by Gasteiger charge is -2.02. The molecule has 0 bridgehead atoms. The van der Waals surface area contributed by atoms with Crippen LogP contribution in [0.3, 0.4) is 0 Å². The van der Waals surface area contributed by atoms with E-state index in [-0.39, 0.29) is 23.0 Å². The van der Waals surface area contributed by atoms with Gasteiger partial charge in [0.1, 0.15) is 0 Å². The van der Waals surface area contributed by atoms with E-state index < -0.39 is 0 Å². The molecule has 1 heterocycles. The molecule has 0 saturated heterocycles. The molecule has 5 nitrogen and oxygen atoms in total. The summed E-state index contributed by atoms with van der Waals surface area (Å²) >= 11 is 0. The van der Waals surface area contributed by atoms with Gasteiger partial charge >= 0.3 is 0 Å². The topological polar surface area (TPSA) is 61.0 Å². The van der Waals surface area contributed by atoms with Gasteiger partial charge in [0.15, 0.2) is 0 Å². The number of nitro benzene ring substituents is 1. The number of hydrogen-bond donors (Lipinski definition) is 0. The van der Waals surface area contributed by atoms with Gasteiger partial charge < -0.3 is 4.57 Å². The molecule has 17 heavy (non-hydrogen) atoms. The van der Waals surface area contributed by atoms with Crippen molar-refractivity contribution in [3.8, 4) is 0 Å². The van der Waals surface area contributed by atoms with Crippen molar-refractivity contribution in [2.24, 2.45) is 0 Å². The summed E-state index contributed by atoms with van der Waals surface area (Å²) in [4.78, 5) is 14.0. The van der Waals surface area contributed by atoms with Gasteiger partial charge in [-0.1, -0.05) is 12.1 Å². The number of imidazole rings is 1. The van der Waals surface area contributed by atoms with Crippen molar-refractivity contribution in [3.63, 3.8) is 0 Å². The number of nitrogens with zero attached hydrogens (tertiary/aromatic N) is 3. The number of aryl methyl sites for hydroxylation is 2. The molecular formula is C11H12ClN3O2. The van der Waals surface area contributed by atoms with Crippen molar-refractivity contribution in [3.05, 3.63) is 58.7 Å². The molecule has 0 aliphatic carbocycles. The van der Waals surface area contributed by atoms with E-state index in [0.717, 1.165) is 18.5 Å². The molecule has 0 atom stereocenters. The van der Waals surface area contributed by atoms with Gasteiger partial charge in [-0.15, -0.1) is 12.4 Å². The van der Waals surface area contributed by atoms with E-state index in [4.69, 9.17) is 0 Å². The first kappa shape index (κ1) is 13.2. The molecule has 6 heteroatoms. The summed E-state index contributed by atoms with van der Waals surface area (Å²) in [5, 5.41) is 10.5. The van der Waals surface area contributed by atoms with E-state index in [1.807, 2.05) is 10.8 Å². The fraction of sp³-hybridized carbons (Fsp3) is 0.182. The van der Waals surface area contributed by atoms with Crippen LogP contribution in [0.25, 0.3) is 0 Å². The first-order chi connectivity index (χ1) is 7.75. The highest BCUT2D eigenvalue weighted by molar-refractivity contribution is 5.85. The van der Waals surface area contributed by atoms with Crippen LogP contribution in [-0.4, -0.2) is 14.5 Å². The lowest BCUT2D eigenvalue weighted by Crippen LogP contribution is -1.98. The molecule has 2 rings (SSSR count). The van der Waals surface area contributed by atoms with E-state index in [9.17, 15) is 10.1 Å². The molecule has 0 saturated carbocycles. The highest BCUT2D eigenvalue weighted by Gasteiger charge is 2.03. The largest absolute Gasteiger partial charge is 0.337 e. The molecule has 0 N–H and O–H groups in total. The van der Waals surface area contributed by atoms with Gasteiger partial charge in [0.25, 0.3) is 5.69 Å². The highest BCUT2D eigenvalue weighted by atomic mass is 35.5. The van der Waals surface area contributed by atoms with Crippen molar-refractivity contribution in [2.45, 2.75) is 13.0 Å². The minimum Gasteiger partial charge on any atom is -0.337 e. The van der Waals surface area contributed by atoms with Crippen LogP contribution in [0.1, 0.15) is 5.56 Å². The third kappa shape index (κ3) is 3.57. The Hall–Kier alpha value is -1.88. The number of non-ortho nitro benzene ring substituents is 1. The lowest BCUT2D eigenvalue weighted by molar-refractivity contribution is -0.384. The number of halogens is 1. The fourth-order valence-corrected chi connectivity index (χ4v) is 1.46. The summed E-state index contributed by atoms with van der Waals surface area (Å²) in [6.07, 6.45) is 6.22. The molecule has 1 aromatic heterocycles. The Kier molecular flexibility index (Phi) is 4.66. The van der Waals surface area contributed by atoms with Crippen LogP contribution in [0, 0.1) is 10.1 Å². The maximum absolute atomic E-state index is 10.5. The molecule has 0 spiro atoms. The summed E-state index contributed by atoms with van der Waals surface area (Å²) in [7, 11) is 0. The second-order valence-electron chi connectivity index (χ2n) is 3.47. The van der Waals surface area contributed by atoms with Gasteiger partial charge in [0, 0.05) is 31.1 Å². The van der Waals surface area contributed by atoms with Gasteiger partial charge in [-0.2, -0.15) is 0 Å². The van der Waals surface area contributed by atoms with E-state index >= 15 is 0 Å². The molecule has 2 aromatic rings. The molecule has 0 amide bonds. The number of rotatable bonds is 4. The van der Waals surface area contributed by atoms with Crippen LogP contribution in [0.5, 0.6) is 0 Å². The Morgan fingerprint density at radius 3 is 2.53 bits per heavy atom. The summed E-state index contributed by atoms with van der Waals surface area (Å²) in [5.41, 5.74) is 1.21. The monoisotopic (exact) mass is 253 g/mol. The first-order valence-corrected chi connectivity index (χ1v) is 4.95. The van der Waals surface area contributed by atoms with Gasteiger partial charge in [0.05, 0.1) is 11.3 Å². The van der Waals surface area contributed by atoms with Crippen LogP contribution in [0.4, 0.5) is 5.69 Å². The Labute approximate surface area is 105 Å². The molecule has 0 fully saturated rings. The molecular weight excluding hydrogens is 242 g/mol. The molecule has 1 aromatic carbocycles. The summed E-state index contributed by atoms with van der Waals surface area (Å²) < 4.78 is 1.97. The number of nitro groups is 1. The first-order valence-electron chi connectivity index (χ1n) is 4.95. The van der Waals surface area contributed by atoms with Gasteiger partial charge in [0.2, 0.25) is 0 Å². The van der Waals surface area contributed by atoms with Crippen molar-refractivity contribution < 1.29 is 4.92 Å². The number of benzene rings is 1. The SMILES string of the molecule is Cl.O=[N+]([O-])c1ccc(CCn2ccnc2)cc1. The predicted octanol–water partition coefficient (Wildman–Crippen LogP) is 2.46. The summed E-state index contributed by atoms with van der Waals surface area (Å²) in [6.45, 7) is 0.831. The molecule has 0 aliphatic heterocycles. The summed E-state index contributed by atoms with van der Waals surface area (Å²) in [5.74, 6) is 0. The quantitative estimate of drug-likeness (QED) is 0.621. The Balaban J connectivity index is 0.00000144. The van der Waals surface area contributed by atoms with Gasteiger partial charge in [-0.25, -0.2) is 4.98 Å². The van der Waals surface area contributed by atoms with Crippen LogP contribution in [0.15, 0.2) is 43.0 Å². The summed E-state index contributed by atoms with van der Waals surface area (Å²) in [6, 6.07) is 6.64. The number of aromatic nitrogens is 2. The zero-order valence-electron chi connectivity index (χ0n) is 9.02. The predicted molar refractivity (Wildman–Crippen MR) is 66.3 cm³/mol. The Morgan fingerprint density at radius 2 is 2.00 bits per heavy atom. The molecule has 0 unspecified atom stereocenters. The van der Waals surface area contributed by atoms with Crippen molar-refractivity contribution in [2.75, 3.05) is 0 Å². The van der Waals surface area contributed by atoms with E-state index in [0.29, 0.717) is 0 Å². The molecule has 90 valence electrons. The number of hydrogen-bond acceptors (Lipinski definition) is 3. The normalized spacial score (nSPS) is 9.65. The van der Waals surface area contributed by atoms with Gasteiger partial charge in [-0.3, -0.25) is 10.1 Å². The van der Waals surface area contributed by atoms with Crippen molar-refractivity contribution >= 4 is 18.1 Å². The van der Waals surface area contributed by atoms with Gasteiger partial charge in [-0.05, 0) is 12.0 Å². The van der Waals surface area contributed by atoms with E-state index in [2.05, 4.69) is 4.98 Å².